The maximum atomic E-state index is 13.2. The van der Waals surface area contributed by atoms with Crippen LogP contribution in [0.15, 0.2) is 42.7 Å². The summed E-state index contributed by atoms with van der Waals surface area (Å²) in [5.41, 5.74) is 3.23. The molecule has 3 aliphatic carbocycles. The van der Waals surface area contributed by atoms with Crippen molar-refractivity contribution in [2.24, 2.45) is 5.41 Å². The molecule has 0 spiro atoms. The molecule has 0 saturated heterocycles. The van der Waals surface area contributed by atoms with Crippen molar-refractivity contribution in [3.63, 3.8) is 0 Å². The van der Waals surface area contributed by atoms with E-state index in [0.29, 0.717) is 5.75 Å². The Morgan fingerprint density at radius 1 is 1.32 bits per heavy atom. The molecule has 3 aliphatic rings. The fourth-order valence-electron chi connectivity index (χ4n) is 4.95. The lowest BCUT2D eigenvalue weighted by Gasteiger charge is -2.70. The standard InChI is InChI=1S/C21H21FN4O2/c1-14-7-18-17(23-5-6-26(18)25-14)9-20-11-21(12-20,13-20)24-19(27)10-28-16-4-2-3-15(22)8-16/h2-8H,9-13H2,1H3,(H,24,27). The van der Waals surface area contributed by atoms with Crippen LogP contribution >= 0.6 is 0 Å². The van der Waals surface area contributed by atoms with Crippen LogP contribution in [0.1, 0.15) is 30.7 Å². The summed E-state index contributed by atoms with van der Waals surface area (Å²) in [6, 6.07) is 7.88. The molecule has 6 nitrogen and oxygen atoms in total. The zero-order valence-corrected chi connectivity index (χ0v) is 15.6. The summed E-state index contributed by atoms with van der Waals surface area (Å²) < 4.78 is 20.4. The van der Waals surface area contributed by atoms with Crippen molar-refractivity contribution < 1.29 is 13.9 Å². The number of nitrogens with one attached hydrogen (secondary N) is 1. The van der Waals surface area contributed by atoms with Gasteiger partial charge in [-0.05, 0) is 56.2 Å². The number of carbonyl (C=O) groups excluding carboxylic acids is 1. The van der Waals surface area contributed by atoms with Gasteiger partial charge in [-0.15, -0.1) is 0 Å². The molecule has 0 aliphatic heterocycles. The number of halogens is 1. The van der Waals surface area contributed by atoms with Crippen molar-refractivity contribution in [2.75, 3.05) is 6.61 Å². The summed E-state index contributed by atoms with van der Waals surface area (Å²) in [6.07, 6.45) is 7.44. The van der Waals surface area contributed by atoms with Crippen LogP contribution in [0.5, 0.6) is 5.75 Å². The molecule has 1 N–H and O–H groups in total. The summed E-state index contributed by atoms with van der Waals surface area (Å²) in [5, 5.41) is 7.55. The maximum absolute atomic E-state index is 13.2. The van der Waals surface area contributed by atoms with Crippen molar-refractivity contribution in [1.82, 2.24) is 19.9 Å². The molecule has 0 radical (unpaired) electrons. The van der Waals surface area contributed by atoms with E-state index in [0.717, 1.165) is 42.6 Å². The number of rotatable bonds is 6. The third-order valence-corrected chi connectivity index (χ3v) is 5.85. The SMILES string of the molecule is Cc1cc2c(CC34CC(NC(=O)COc5cccc(F)c5)(C3)C4)nccn2n1. The second-order valence-electron chi connectivity index (χ2n) is 8.27. The van der Waals surface area contributed by atoms with Gasteiger partial charge in [-0.2, -0.15) is 5.10 Å². The van der Waals surface area contributed by atoms with Crippen molar-refractivity contribution in [2.45, 2.75) is 38.1 Å². The van der Waals surface area contributed by atoms with E-state index in [1.54, 1.807) is 18.3 Å². The molecule has 3 saturated carbocycles. The summed E-state index contributed by atoms with van der Waals surface area (Å²) in [6.45, 7) is 1.88. The maximum Gasteiger partial charge on any atom is 0.258 e. The highest BCUT2D eigenvalue weighted by Gasteiger charge is 2.68. The zero-order valence-electron chi connectivity index (χ0n) is 15.6. The number of carbonyl (C=O) groups is 1. The Labute approximate surface area is 161 Å². The summed E-state index contributed by atoms with van der Waals surface area (Å²) in [4.78, 5) is 16.8. The van der Waals surface area contributed by atoms with Gasteiger partial charge in [0.15, 0.2) is 6.61 Å². The second-order valence-corrected chi connectivity index (χ2v) is 8.27. The lowest BCUT2D eigenvalue weighted by atomic mass is 9.38. The molecule has 1 aromatic carbocycles. The van der Waals surface area contributed by atoms with Gasteiger partial charge in [0.05, 0.1) is 16.9 Å². The van der Waals surface area contributed by atoms with E-state index in [1.165, 1.54) is 12.1 Å². The van der Waals surface area contributed by atoms with Gasteiger partial charge in [0.1, 0.15) is 11.6 Å². The zero-order chi connectivity index (χ0) is 19.4. The average Bonchev–Trinajstić information content (AvgIpc) is 2.98. The van der Waals surface area contributed by atoms with Crippen LogP contribution in [-0.2, 0) is 11.2 Å². The minimum absolute atomic E-state index is 0.103. The van der Waals surface area contributed by atoms with E-state index in [2.05, 4.69) is 21.5 Å². The van der Waals surface area contributed by atoms with E-state index in [1.807, 2.05) is 17.6 Å². The highest BCUT2D eigenvalue weighted by molar-refractivity contribution is 5.79. The molecule has 2 heterocycles. The monoisotopic (exact) mass is 380 g/mol. The molecule has 3 fully saturated rings. The van der Waals surface area contributed by atoms with Crippen LogP contribution in [-0.4, -0.2) is 32.7 Å². The highest BCUT2D eigenvalue weighted by Crippen LogP contribution is 2.68. The summed E-state index contributed by atoms with van der Waals surface area (Å²) >= 11 is 0. The van der Waals surface area contributed by atoms with Crippen LogP contribution in [0.3, 0.4) is 0 Å². The molecule has 28 heavy (non-hydrogen) atoms. The second kappa shape index (κ2) is 6.02. The molecule has 0 unspecified atom stereocenters. The van der Waals surface area contributed by atoms with Gasteiger partial charge >= 0.3 is 0 Å². The third kappa shape index (κ3) is 2.91. The Kier molecular flexibility index (Phi) is 3.69. The molecule has 0 atom stereocenters. The average molecular weight is 380 g/mol. The van der Waals surface area contributed by atoms with E-state index in [9.17, 15) is 9.18 Å². The van der Waals surface area contributed by atoms with Crippen molar-refractivity contribution >= 4 is 11.4 Å². The van der Waals surface area contributed by atoms with E-state index in [4.69, 9.17) is 4.74 Å². The molecule has 2 aromatic heterocycles. The molecule has 6 rings (SSSR count). The van der Waals surface area contributed by atoms with Crippen LogP contribution in [0.4, 0.5) is 4.39 Å². The van der Waals surface area contributed by atoms with Crippen LogP contribution in [0, 0.1) is 18.2 Å². The first-order chi connectivity index (χ1) is 13.4. The Bertz CT molecular complexity index is 1060. The number of ether oxygens (including phenoxy) is 1. The molecule has 1 amide bonds. The lowest BCUT2D eigenvalue weighted by Crippen LogP contribution is -2.75. The number of fused-ring (bicyclic) bond motifs is 1. The van der Waals surface area contributed by atoms with Crippen molar-refractivity contribution in [3.05, 3.63) is 59.9 Å². The fraction of sp³-hybridized carbons (Fsp3) is 0.381. The van der Waals surface area contributed by atoms with Crippen LogP contribution in [0.2, 0.25) is 0 Å². The first-order valence-electron chi connectivity index (χ1n) is 9.44. The van der Waals surface area contributed by atoms with Gasteiger partial charge in [0, 0.05) is 24.0 Å². The summed E-state index contributed by atoms with van der Waals surface area (Å²) in [5.74, 6) is -0.181. The molecule has 7 heteroatoms. The largest absolute Gasteiger partial charge is 0.484 e. The number of hydrogen-bond donors (Lipinski definition) is 1. The predicted molar refractivity (Wildman–Crippen MR) is 100 cm³/mol. The van der Waals surface area contributed by atoms with Crippen molar-refractivity contribution in [1.29, 1.82) is 0 Å². The topological polar surface area (TPSA) is 68.5 Å². The smallest absolute Gasteiger partial charge is 0.258 e. The Morgan fingerprint density at radius 3 is 2.93 bits per heavy atom. The quantitative estimate of drug-likeness (QED) is 0.714. The molecule has 144 valence electrons. The number of nitrogens with zero attached hydrogens (tertiary/aromatic N) is 3. The first kappa shape index (κ1) is 17.2. The van der Waals surface area contributed by atoms with Gasteiger partial charge in [0.2, 0.25) is 0 Å². The van der Waals surface area contributed by atoms with Gasteiger partial charge in [0.25, 0.3) is 5.91 Å². The van der Waals surface area contributed by atoms with Gasteiger partial charge < -0.3 is 10.1 Å². The lowest BCUT2D eigenvalue weighted by molar-refractivity contribution is -0.166. The number of amides is 1. The Morgan fingerprint density at radius 2 is 2.14 bits per heavy atom. The fourth-order valence-corrected chi connectivity index (χ4v) is 4.95. The first-order valence-corrected chi connectivity index (χ1v) is 9.44. The highest BCUT2D eigenvalue weighted by atomic mass is 19.1. The number of hydrogen-bond acceptors (Lipinski definition) is 4. The molecular weight excluding hydrogens is 359 g/mol. The van der Waals surface area contributed by atoms with E-state index >= 15 is 0 Å². The molecule has 2 bridgehead atoms. The van der Waals surface area contributed by atoms with Gasteiger partial charge in [-0.3, -0.25) is 9.78 Å². The van der Waals surface area contributed by atoms with Gasteiger partial charge in [-0.25, -0.2) is 8.91 Å². The van der Waals surface area contributed by atoms with E-state index < -0.39 is 0 Å². The molecular formula is C21H21FN4O2. The minimum Gasteiger partial charge on any atom is -0.484 e. The van der Waals surface area contributed by atoms with Crippen LogP contribution < -0.4 is 10.1 Å². The van der Waals surface area contributed by atoms with Crippen molar-refractivity contribution in [3.8, 4) is 5.75 Å². The summed E-state index contributed by atoms with van der Waals surface area (Å²) in [7, 11) is 0. The Balaban J connectivity index is 1.16. The number of aromatic nitrogens is 3. The number of benzene rings is 1. The third-order valence-electron chi connectivity index (χ3n) is 5.85. The van der Waals surface area contributed by atoms with E-state index in [-0.39, 0.29) is 29.3 Å². The number of aryl methyl sites for hydroxylation is 1. The van der Waals surface area contributed by atoms with Gasteiger partial charge in [-0.1, -0.05) is 6.07 Å². The normalized spacial score (nSPS) is 25.1. The minimum atomic E-state index is -0.378. The molecule has 3 aromatic rings. The predicted octanol–water partition coefficient (Wildman–Crippen LogP) is 2.84. The van der Waals surface area contributed by atoms with Crippen LogP contribution in [0.25, 0.3) is 5.52 Å². The Hall–Kier alpha value is -2.96.